The molecule has 0 aromatic rings. The lowest BCUT2D eigenvalue weighted by Crippen LogP contribution is -2.50. The van der Waals surface area contributed by atoms with Crippen LogP contribution in [0.1, 0.15) is 86.0 Å². The van der Waals surface area contributed by atoms with Crippen LogP contribution >= 0.6 is 0 Å². The Morgan fingerprint density at radius 3 is 2.62 bits per heavy atom. The van der Waals surface area contributed by atoms with Crippen LogP contribution in [0.5, 0.6) is 0 Å². The normalized spacial score (nSPS) is 42.1. The molecular weight excluding hydrogens is 352 g/mol. The van der Waals surface area contributed by atoms with Crippen LogP contribution in [0.15, 0.2) is 36.0 Å². The number of hydrogen-bond donors (Lipinski definition) is 0. The van der Waals surface area contributed by atoms with E-state index < -0.39 is 0 Å². The maximum atomic E-state index is 12.0. The zero-order valence-electron chi connectivity index (χ0n) is 19.5. The quantitative estimate of drug-likeness (QED) is 0.440. The van der Waals surface area contributed by atoms with E-state index in [9.17, 15) is 4.79 Å². The molecule has 0 saturated heterocycles. The minimum absolute atomic E-state index is 0.136. The molecule has 4 aliphatic carbocycles. The third kappa shape index (κ3) is 3.41. The minimum atomic E-state index is 0.136. The van der Waals surface area contributed by atoms with E-state index in [2.05, 4.69) is 47.3 Å². The molecule has 0 aliphatic heterocycles. The summed E-state index contributed by atoms with van der Waals surface area (Å²) >= 11 is 0. The first kappa shape index (κ1) is 21.1. The molecule has 0 radical (unpaired) electrons. The molecule has 7 unspecified atom stereocenters. The van der Waals surface area contributed by atoms with Gasteiger partial charge in [-0.25, -0.2) is 0 Å². The Morgan fingerprint density at radius 1 is 1.14 bits per heavy atom. The number of carbonyl (C=O) groups excluding carboxylic acids is 1. The van der Waals surface area contributed by atoms with Crippen molar-refractivity contribution in [1.29, 1.82) is 0 Å². The van der Waals surface area contributed by atoms with E-state index >= 15 is 0 Å². The van der Waals surface area contributed by atoms with Gasteiger partial charge in [-0.3, -0.25) is 4.79 Å². The molecular formula is C28H42O. The van der Waals surface area contributed by atoms with Crippen molar-refractivity contribution in [2.75, 3.05) is 0 Å². The Bertz CT molecular complexity index is 739. The molecule has 0 bridgehead atoms. The molecule has 160 valence electrons. The molecule has 0 N–H and O–H groups in total. The molecule has 4 rings (SSSR count). The standard InChI is InChI=1S/C28H42O/c1-18(2)19(3)7-8-20(4)24-11-12-25-23-10-9-21-17-22(29)13-15-27(21,5)26(23)14-16-28(24,25)6/h13,15,17-18,20,23-26H,3,7-12,14,16H2,1-2,4-6H3. The summed E-state index contributed by atoms with van der Waals surface area (Å²) in [5, 5.41) is 0. The summed E-state index contributed by atoms with van der Waals surface area (Å²) in [6, 6.07) is 0. The van der Waals surface area contributed by atoms with Gasteiger partial charge in [-0.15, -0.1) is 0 Å². The van der Waals surface area contributed by atoms with E-state index in [4.69, 9.17) is 0 Å². The van der Waals surface area contributed by atoms with Crippen molar-refractivity contribution in [3.05, 3.63) is 36.0 Å². The second-order valence-electron chi connectivity index (χ2n) is 11.7. The summed E-state index contributed by atoms with van der Waals surface area (Å²) in [6.07, 6.45) is 16.6. The number of carbonyl (C=O) groups is 1. The second kappa shape index (κ2) is 7.54. The average Bonchev–Trinajstić information content (AvgIpc) is 3.03. The van der Waals surface area contributed by atoms with Crippen LogP contribution in [0.3, 0.4) is 0 Å². The molecule has 4 aliphatic rings. The topological polar surface area (TPSA) is 17.1 Å². The van der Waals surface area contributed by atoms with Crippen molar-refractivity contribution >= 4 is 5.78 Å². The van der Waals surface area contributed by atoms with E-state index in [0.29, 0.717) is 11.3 Å². The smallest absolute Gasteiger partial charge is 0.178 e. The number of hydrogen-bond acceptors (Lipinski definition) is 1. The number of allylic oxidation sites excluding steroid dienone is 5. The van der Waals surface area contributed by atoms with Gasteiger partial charge in [0.15, 0.2) is 5.78 Å². The first-order valence-electron chi connectivity index (χ1n) is 12.3. The van der Waals surface area contributed by atoms with Crippen molar-refractivity contribution in [3.8, 4) is 0 Å². The summed E-state index contributed by atoms with van der Waals surface area (Å²) < 4.78 is 0. The largest absolute Gasteiger partial charge is 0.290 e. The van der Waals surface area contributed by atoms with Crippen LogP contribution in [0.25, 0.3) is 0 Å². The van der Waals surface area contributed by atoms with E-state index in [0.717, 1.165) is 36.0 Å². The Kier molecular flexibility index (Phi) is 5.50. The van der Waals surface area contributed by atoms with Crippen LogP contribution in [0.2, 0.25) is 0 Å². The average molecular weight is 395 g/mol. The molecule has 1 heteroatoms. The van der Waals surface area contributed by atoms with Gasteiger partial charge in [0, 0.05) is 5.41 Å². The van der Waals surface area contributed by atoms with Gasteiger partial charge in [0.1, 0.15) is 0 Å². The first-order valence-corrected chi connectivity index (χ1v) is 12.3. The van der Waals surface area contributed by atoms with Crippen LogP contribution in [0, 0.1) is 46.3 Å². The maximum absolute atomic E-state index is 12.0. The summed E-state index contributed by atoms with van der Waals surface area (Å²) in [5.41, 5.74) is 3.51. The lowest BCUT2D eigenvalue weighted by molar-refractivity contribution is -0.111. The van der Waals surface area contributed by atoms with Gasteiger partial charge in [-0.1, -0.05) is 58.4 Å². The Morgan fingerprint density at radius 2 is 1.90 bits per heavy atom. The van der Waals surface area contributed by atoms with Crippen molar-refractivity contribution in [2.45, 2.75) is 86.0 Å². The van der Waals surface area contributed by atoms with E-state index in [1.54, 1.807) is 0 Å². The SMILES string of the molecule is C=C(CCC(C)C1CCC2C3CCC4=CC(=O)C=CC4(C)C3CCC12C)C(C)C. The fourth-order valence-electron chi connectivity index (χ4n) is 8.08. The highest BCUT2D eigenvalue weighted by Crippen LogP contribution is 2.67. The predicted molar refractivity (Wildman–Crippen MR) is 122 cm³/mol. The molecule has 0 amide bonds. The first-order chi connectivity index (χ1) is 13.7. The molecule has 3 saturated carbocycles. The number of fused-ring (bicyclic) bond motifs is 5. The summed E-state index contributed by atoms with van der Waals surface area (Å²) in [4.78, 5) is 12.0. The Hall–Kier alpha value is -1.11. The minimum Gasteiger partial charge on any atom is -0.290 e. The van der Waals surface area contributed by atoms with Gasteiger partial charge in [0.25, 0.3) is 0 Å². The van der Waals surface area contributed by atoms with Gasteiger partial charge in [0.05, 0.1) is 0 Å². The molecule has 7 atom stereocenters. The van der Waals surface area contributed by atoms with Crippen molar-refractivity contribution in [3.63, 3.8) is 0 Å². The fourth-order valence-corrected chi connectivity index (χ4v) is 8.08. The van der Waals surface area contributed by atoms with Gasteiger partial charge in [0.2, 0.25) is 0 Å². The van der Waals surface area contributed by atoms with Crippen LogP contribution in [-0.4, -0.2) is 5.78 Å². The van der Waals surface area contributed by atoms with Gasteiger partial charge in [-0.05, 0) is 104 Å². The molecule has 0 aromatic carbocycles. The monoisotopic (exact) mass is 394 g/mol. The molecule has 1 nitrogen and oxygen atoms in total. The zero-order chi connectivity index (χ0) is 21.0. The van der Waals surface area contributed by atoms with E-state index in [-0.39, 0.29) is 11.2 Å². The lowest BCUT2D eigenvalue weighted by atomic mass is 9.47. The van der Waals surface area contributed by atoms with Crippen molar-refractivity contribution in [1.82, 2.24) is 0 Å². The lowest BCUT2D eigenvalue weighted by Gasteiger charge is -2.57. The molecule has 3 fully saturated rings. The van der Waals surface area contributed by atoms with Gasteiger partial charge < -0.3 is 0 Å². The summed E-state index contributed by atoms with van der Waals surface area (Å²) in [7, 11) is 0. The van der Waals surface area contributed by atoms with E-state index in [1.165, 1.54) is 56.1 Å². The Labute approximate surface area is 179 Å². The highest BCUT2D eigenvalue weighted by molar-refractivity contribution is 6.01. The second-order valence-corrected chi connectivity index (χ2v) is 11.7. The fraction of sp³-hybridized carbons (Fsp3) is 0.750. The molecule has 0 heterocycles. The van der Waals surface area contributed by atoms with Crippen LogP contribution in [-0.2, 0) is 4.79 Å². The van der Waals surface area contributed by atoms with Crippen molar-refractivity contribution < 1.29 is 4.79 Å². The highest BCUT2D eigenvalue weighted by Gasteiger charge is 2.58. The predicted octanol–water partition coefficient (Wildman–Crippen LogP) is 7.54. The third-order valence-electron chi connectivity index (χ3n) is 10.1. The molecule has 0 aromatic heterocycles. The number of ketones is 1. The number of rotatable bonds is 5. The van der Waals surface area contributed by atoms with Gasteiger partial charge >= 0.3 is 0 Å². The Balaban J connectivity index is 1.50. The summed E-state index contributed by atoms with van der Waals surface area (Å²) in [6.45, 7) is 16.5. The summed E-state index contributed by atoms with van der Waals surface area (Å²) in [5.74, 6) is 4.96. The van der Waals surface area contributed by atoms with Crippen molar-refractivity contribution in [2.24, 2.45) is 46.3 Å². The van der Waals surface area contributed by atoms with Crippen LogP contribution < -0.4 is 0 Å². The van der Waals surface area contributed by atoms with E-state index in [1.807, 2.05) is 12.2 Å². The molecule has 0 spiro atoms. The van der Waals surface area contributed by atoms with Crippen LogP contribution in [0.4, 0.5) is 0 Å². The maximum Gasteiger partial charge on any atom is 0.178 e. The third-order valence-corrected chi connectivity index (χ3v) is 10.1. The molecule has 29 heavy (non-hydrogen) atoms. The van der Waals surface area contributed by atoms with Gasteiger partial charge in [-0.2, -0.15) is 0 Å². The highest BCUT2D eigenvalue weighted by atomic mass is 16.1. The zero-order valence-corrected chi connectivity index (χ0v) is 19.5.